The second-order valence-electron chi connectivity index (χ2n) is 11.9. The third-order valence-corrected chi connectivity index (χ3v) is 13.8. The molecule has 0 nitrogen and oxygen atoms in total. The quantitative estimate of drug-likeness (QED) is 0.124. The van der Waals surface area contributed by atoms with Gasteiger partial charge in [0, 0.05) is 0 Å². The number of rotatable bonds is 16. The van der Waals surface area contributed by atoms with Crippen LogP contribution in [0.3, 0.4) is 0 Å². The molecule has 0 aliphatic heterocycles. The predicted molar refractivity (Wildman–Crippen MR) is 180 cm³/mol. The van der Waals surface area contributed by atoms with E-state index in [9.17, 15) is 0 Å². The Morgan fingerprint density at radius 1 is 0.475 bits per heavy atom. The van der Waals surface area contributed by atoms with Crippen LogP contribution in [-0.4, -0.2) is 8.07 Å². The second kappa shape index (κ2) is 15.4. The second-order valence-corrected chi connectivity index (χ2v) is 15.8. The van der Waals surface area contributed by atoms with Crippen molar-refractivity contribution in [1.82, 2.24) is 0 Å². The van der Waals surface area contributed by atoms with Gasteiger partial charge in [0.25, 0.3) is 0 Å². The summed E-state index contributed by atoms with van der Waals surface area (Å²) in [5.74, 6) is 0. The molecule has 1 aliphatic carbocycles. The number of benzene rings is 3. The first-order chi connectivity index (χ1) is 19.6. The van der Waals surface area contributed by atoms with E-state index in [2.05, 4.69) is 113 Å². The van der Waals surface area contributed by atoms with E-state index in [1.54, 1.807) is 10.8 Å². The fourth-order valence-electron chi connectivity index (χ4n) is 6.36. The predicted octanol–water partition coefficient (Wildman–Crippen LogP) is 9.17. The van der Waals surface area contributed by atoms with Crippen molar-refractivity contribution in [3.63, 3.8) is 0 Å². The van der Waals surface area contributed by atoms with Gasteiger partial charge in [-0.05, 0) is 90.0 Å². The van der Waals surface area contributed by atoms with Crippen molar-refractivity contribution in [2.24, 2.45) is 0 Å². The van der Waals surface area contributed by atoms with Crippen LogP contribution in [0.1, 0.15) is 109 Å². The van der Waals surface area contributed by atoms with Crippen LogP contribution in [0.15, 0.2) is 95.7 Å². The zero-order valence-electron chi connectivity index (χ0n) is 25.8. The Morgan fingerprint density at radius 2 is 0.825 bits per heavy atom. The number of hydrogen-bond donors (Lipinski definition) is 0. The van der Waals surface area contributed by atoms with Crippen molar-refractivity contribution in [1.29, 1.82) is 0 Å². The molecule has 1 aliphatic rings. The molecule has 0 aromatic heterocycles. The summed E-state index contributed by atoms with van der Waals surface area (Å²) in [6.07, 6.45) is 21.0. The Hall–Kier alpha value is -2.64. The number of allylic oxidation sites excluding steroid dienone is 4. The highest BCUT2D eigenvalue weighted by atomic mass is 28.3. The van der Waals surface area contributed by atoms with E-state index < -0.39 is 8.07 Å². The van der Waals surface area contributed by atoms with Crippen LogP contribution in [-0.2, 0) is 19.3 Å². The molecule has 3 aromatic rings. The maximum Gasteiger partial charge on any atom is 0.175 e. The van der Waals surface area contributed by atoms with Crippen LogP contribution in [0.25, 0.3) is 0 Å². The fourth-order valence-corrected chi connectivity index (χ4v) is 11.3. The lowest BCUT2D eigenvalue weighted by atomic mass is 10.1. The number of unbranched alkanes of at least 4 members (excludes halogenated alkanes) is 4. The normalized spacial score (nSPS) is 13.4. The van der Waals surface area contributed by atoms with Crippen LogP contribution < -0.4 is 15.6 Å². The molecule has 0 radical (unpaired) electrons. The molecule has 0 amide bonds. The van der Waals surface area contributed by atoms with Crippen LogP contribution in [0, 0.1) is 0 Å². The Labute approximate surface area is 246 Å². The Balaban J connectivity index is 1.88. The molecule has 0 bridgehead atoms. The molecule has 0 saturated carbocycles. The van der Waals surface area contributed by atoms with E-state index >= 15 is 0 Å². The Morgan fingerprint density at radius 3 is 1.18 bits per heavy atom. The van der Waals surface area contributed by atoms with Crippen molar-refractivity contribution in [3.8, 4) is 0 Å². The van der Waals surface area contributed by atoms with Crippen molar-refractivity contribution in [2.45, 2.75) is 111 Å². The standard InChI is InChI=1S/C39H52Si/c1-5-9-13-32-17-24-36(25-18-32)40(39-30-23-35(31-39)16-12-8-4,37-26-19-33(20-27-37)14-10-6-2)38-28-21-34(22-29-38)15-11-7-3/h17-29,31H,5-16,30H2,1-4H3. The summed E-state index contributed by atoms with van der Waals surface area (Å²) < 4.78 is 0. The summed E-state index contributed by atoms with van der Waals surface area (Å²) in [6, 6.07) is 29.6. The first-order valence-corrected chi connectivity index (χ1v) is 18.3. The van der Waals surface area contributed by atoms with E-state index in [0.29, 0.717) is 0 Å². The van der Waals surface area contributed by atoms with Gasteiger partial charge in [-0.3, -0.25) is 0 Å². The van der Waals surface area contributed by atoms with E-state index in [1.165, 1.54) is 109 Å². The molecule has 40 heavy (non-hydrogen) atoms. The van der Waals surface area contributed by atoms with E-state index in [0.717, 1.165) is 6.42 Å². The lowest BCUT2D eigenvalue weighted by molar-refractivity contribution is 0.795. The molecular formula is C39H52Si. The topological polar surface area (TPSA) is 0 Å². The third kappa shape index (κ3) is 7.16. The summed E-state index contributed by atoms with van der Waals surface area (Å²) in [7, 11) is -2.43. The molecular weight excluding hydrogens is 497 g/mol. The van der Waals surface area contributed by atoms with Crippen LogP contribution in [0.4, 0.5) is 0 Å². The zero-order valence-corrected chi connectivity index (χ0v) is 26.8. The first kappa shape index (κ1) is 30.3. The minimum absolute atomic E-state index is 1.08. The number of aryl methyl sites for hydroxylation is 3. The van der Waals surface area contributed by atoms with Crippen LogP contribution >= 0.6 is 0 Å². The summed E-state index contributed by atoms with van der Waals surface area (Å²) in [5, 5.41) is 6.26. The smallest absolute Gasteiger partial charge is 0.0776 e. The largest absolute Gasteiger partial charge is 0.175 e. The van der Waals surface area contributed by atoms with Gasteiger partial charge in [0.15, 0.2) is 8.07 Å². The summed E-state index contributed by atoms with van der Waals surface area (Å²) >= 11 is 0. The molecule has 4 rings (SSSR count). The fraction of sp³-hybridized carbons (Fsp3) is 0.436. The average molecular weight is 549 g/mol. The lowest BCUT2D eigenvalue weighted by Gasteiger charge is -2.36. The Kier molecular flexibility index (Phi) is 11.7. The summed E-state index contributed by atoms with van der Waals surface area (Å²) in [4.78, 5) is 0. The van der Waals surface area contributed by atoms with Crippen molar-refractivity contribution >= 4 is 23.6 Å². The van der Waals surface area contributed by atoms with Gasteiger partial charge in [0.05, 0.1) is 0 Å². The van der Waals surface area contributed by atoms with Crippen molar-refractivity contribution < 1.29 is 0 Å². The Bertz CT molecular complexity index is 1100. The molecule has 0 N–H and O–H groups in total. The molecule has 0 saturated heterocycles. The molecule has 0 atom stereocenters. The van der Waals surface area contributed by atoms with Crippen LogP contribution in [0.5, 0.6) is 0 Å². The molecule has 0 fully saturated rings. The minimum atomic E-state index is -2.43. The van der Waals surface area contributed by atoms with Gasteiger partial charge in [-0.1, -0.05) is 149 Å². The van der Waals surface area contributed by atoms with Gasteiger partial charge >= 0.3 is 0 Å². The van der Waals surface area contributed by atoms with Crippen molar-refractivity contribution in [3.05, 3.63) is 112 Å². The summed E-state index contributed by atoms with van der Waals surface area (Å²) in [5.41, 5.74) is 5.97. The van der Waals surface area contributed by atoms with Gasteiger partial charge in [-0.15, -0.1) is 0 Å². The van der Waals surface area contributed by atoms with Gasteiger partial charge in [0.2, 0.25) is 0 Å². The molecule has 0 heterocycles. The molecule has 1 heteroatoms. The highest BCUT2D eigenvalue weighted by molar-refractivity contribution is 7.16. The SMILES string of the molecule is CCCCC1=CCC([Si](c2ccc(CCCC)cc2)(c2ccc(CCCC)cc2)c2ccc(CCCC)cc2)=C1. The summed E-state index contributed by atoms with van der Waals surface area (Å²) in [6.45, 7) is 9.17. The monoisotopic (exact) mass is 548 g/mol. The van der Waals surface area contributed by atoms with Crippen LogP contribution in [0.2, 0.25) is 0 Å². The van der Waals surface area contributed by atoms with Gasteiger partial charge in [-0.25, -0.2) is 0 Å². The first-order valence-electron chi connectivity index (χ1n) is 16.3. The van der Waals surface area contributed by atoms with Gasteiger partial charge in [-0.2, -0.15) is 0 Å². The highest BCUT2D eigenvalue weighted by Crippen LogP contribution is 2.30. The third-order valence-electron chi connectivity index (χ3n) is 8.86. The van der Waals surface area contributed by atoms with E-state index in [4.69, 9.17) is 0 Å². The van der Waals surface area contributed by atoms with E-state index in [1.807, 2.05) is 0 Å². The lowest BCUT2D eigenvalue weighted by Crippen LogP contribution is -2.68. The van der Waals surface area contributed by atoms with Gasteiger partial charge < -0.3 is 0 Å². The van der Waals surface area contributed by atoms with E-state index in [-0.39, 0.29) is 0 Å². The maximum absolute atomic E-state index is 2.61. The molecule has 0 spiro atoms. The maximum atomic E-state index is 2.61. The average Bonchev–Trinajstić information content (AvgIpc) is 3.48. The number of hydrogen-bond acceptors (Lipinski definition) is 0. The zero-order chi connectivity index (χ0) is 28.2. The highest BCUT2D eigenvalue weighted by Gasteiger charge is 2.43. The molecule has 3 aromatic carbocycles. The molecule has 0 unspecified atom stereocenters. The van der Waals surface area contributed by atoms with Crippen molar-refractivity contribution in [2.75, 3.05) is 0 Å². The van der Waals surface area contributed by atoms with Gasteiger partial charge in [0.1, 0.15) is 0 Å². The minimum Gasteiger partial charge on any atom is -0.0776 e. The molecule has 212 valence electrons.